The number of carbonyl (C=O) groups excluding carboxylic acids is 1. The maximum atomic E-state index is 12.2. The highest BCUT2D eigenvalue weighted by Crippen LogP contribution is 2.07. The standard InChI is InChI=1S/C17H27NO2/c1-4-6-12-18(15(3)5-2)17(19)14-20-13-16-10-8-7-9-11-16/h7-11,15H,4-6,12-14H2,1-3H3. The van der Waals surface area contributed by atoms with Gasteiger partial charge >= 0.3 is 0 Å². The molecule has 112 valence electrons. The third-order valence-electron chi connectivity index (χ3n) is 3.53. The van der Waals surface area contributed by atoms with Crippen molar-refractivity contribution in [1.82, 2.24) is 4.90 Å². The van der Waals surface area contributed by atoms with Gasteiger partial charge in [-0.15, -0.1) is 0 Å². The Labute approximate surface area is 122 Å². The fraction of sp³-hybridized carbons (Fsp3) is 0.588. The largest absolute Gasteiger partial charge is 0.367 e. The van der Waals surface area contributed by atoms with Gasteiger partial charge in [0.15, 0.2) is 0 Å². The van der Waals surface area contributed by atoms with Crippen LogP contribution < -0.4 is 0 Å². The van der Waals surface area contributed by atoms with E-state index in [0.717, 1.165) is 31.4 Å². The van der Waals surface area contributed by atoms with Crippen LogP contribution in [-0.4, -0.2) is 30.0 Å². The first-order chi connectivity index (χ1) is 9.69. The first kappa shape index (κ1) is 16.7. The van der Waals surface area contributed by atoms with Crippen LogP contribution in [0.3, 0.4) is 0 Å². The van der Waals surface area contributed by atoms with Crippen LogP contribution >= 0.6 is 0 Å². The minimum atomic E-state index is 0.101. The highest BCUT2D eigenvalue weighted by Gasteiger charge is 2.18. The van der Waals surface area contributed by atoms with E-state index in [1.807, 2.05) is 35.2 Å². The normalized spacial score (nSPS) is 12.2. The lowest BCUT2D eigenvalue weighted by atomic mass is 10.2. The summed E-state index contributed by atoms with van der Waals surface area (Å²) in [6.07, 6.45) is 3.13. The molecule has 1 aromatic carbocycles. The number of rotatable bonds is 9. The summed E-state index contributed by atoms with van der Waals surface area (Å²) in [4.78, 5) is 14.2. The third kappa shape index (κ3) is 5.74. The zero-order valence-corrected chi connectivity index (χ0v) is 13.0. The smallest absolute Gasteiger partial charge is 0.248 e. The molecule has 1 aromatic rings. The van der Waals surface area contributed by atoms with Crippen LogP contribution in [0, 0.1) is 0 Å². The lowest BCUT2D eigenvalue weighted by Crippen LogP contribution is -2.41. The fourth-order valence-corrected chi connectivity index (χ4v) is 2.05. The average molecular weight is 277 g/mol. The van der Waals surface area contributed by atoms with E-state index in [1.54, 1.807) is 0 Å². The van der Waals surface area contributed by atoms with Crippen molar-refractivity contribution in [3.63, 3.8) is 0 Å². The second-order valence-electron chi connectivity index (χ2n) is 5.18. The molecule has 3 heteroatoms. The van der Waals surface area contributed by atoms with Gasteiger partial charge in [0.25, 0.3) is 0 Å². The quantitative estimate of drug-likeness (QED) is 0.690. The summed E-state index contributed by atoms with van der Waals surface area (Å²) in [6, 6.07) is 10.2. The Balaban J connectivity index is 2.41. The Kier molecular flexibility index (Phi) is 7.97. The lowest BCUT2D eigenvalue weighted by Gasteiger charge is -2.28. The molecule has 0 N–H and O–H groups in total. The van der Waals surface area contributed by atoms with Crippen LogP contribution in [0.25, 0.3) is 0 Å². The monoisotopic (exact) mass is 277 g/mol. The van der Waals surface area contributed by atoms with Crippen LogP contribution in [-0.2, 0) is 16.1 Å². The highest BCUT2D eigenvalue weighted by atomic mass is 16.5. The maximum Gasteiger partial charge on any atom is 0.248 e. The van der Waals surface area contributed by atoms with Crippen LogP contribution in [0.15, 0.2) is 30.3 Å². The number of ether oxygens (including phenoxy) is 1. The number of unbranched alkanes of at least 4 members (excludes halogenated alkanes) is 1. The van der Waals surface area contributed by atoms with E-state index in [4.69, 9.17) is 4.74 Å². The van der Waals surface area contributed by atoms with E-state index in [2.05, 4.69) is 20.8 Å². The Morgan fingerprint density at radius 1 is 1.25 bits per heavy atom. The van der Waals surface area contributed by atoms with Crippen LogP contribution in [0.1, 0.15) is 45.6 Å². The number of amides is 1. The zero-order valence-electron chi connectivity index (χ0n) is 13.0. The molecule has 20 heavy (non-hydrogen) atoms. The molecule has 0 saturated carbocycles. The third-order valence-corrected chi connectivity index (χ3v) is 3.53. The number of benzene rings is 1. The van der Waals surface area contributed by atoms with Gasteiger partial charge in [-0.25, -0.2) is 0 Å². The number of hydrogen-bond donors (Lipinski definition) is 0. The summed E-state index contributed by atoms with van der Waals surface area (Å²) in [6.45, 7) is 7.86. The molecule has 1 rings (SSSR count). The average Bonchev–Trinajstić information content (AvgIpc) is 2.48. The summed E-state index contributed by atoms with van der Waals surface area (Å²) in [5.74, 6) is 0.101. The van der Waals surface area contributed by atoms with Crippen molar-refractivity contribution in [2.24, 2.45) is 0 Å². The van der Waals surface area contributed by atoms with Gasteiger partial charge in [-0.2, -0.15) is 0 Å². The molecule has 0 aliphatic rings. The number of nitrogens with zero attached hydrogens (tertiary/aromatic N) is 1. The summed E-state index contributed by atoms with van der Waals surface area (Å²) in [5, 5.41) is 0. The van der Waals surface area contributed by atoms with Crippen molar-refractivity contribution in [2.45, 2.75) is 52.7 Å². The second-order valence-corrected chi connectivity index (χ2v) is 5.18. The molecule has 0 spiro atoms. The molecule has 0 aromatic heterocycles. The molecule has 1 atom stereocenters. The Hall–Kier alpha value is -1.35. The number of carbonyl (C=O) groups is 1. The minimum Gasteiger partial charge on any atom is -0.367 e. The molecule has 1 amide bonds. The number of hydrogen-bond acceptors (Lipinski definition) is 2. The molecule has 3 nitrogen and oxygen atoms in total. The summed E-state index contributed by atoms with van der Waals surface area (Å²) >= 11 is 0. The van der Waals surface area contributed by atoms with Crippen molar-refractivity contribution in [2.75, 3.05) is 13.2 Å². The van der Waals surface area contributed by atoms with Crippen molar-refractivity contribution in [3.05, 3.63) is 35.9 Å². The molecule has 0 aliphatic heterocycles. The minimum absolute atomic E-state index is 0.101. The maximum absolute atomic E-state index is 12.2. The van der Waals surface area contributed by atoms with E-state index < -0.39 is 0 Å². The van der Waals surface area contributed by atoms with Crippen LogP contribution in [0.2, 0.25) is 0 Å². The topological polar surface area (TPSA) is 29.5 Å². The van der Waals surface area contributed by atoms with Gasteiger partial charge in [-0.3, -0.25) is 4.79 Å². The Morgan fingerprint density at radius 2 is 1.95 bits per heavy atom. The Bertz CT molecular complexity index is 378. The van der Waals surface area contributed by atoms with Crippen molar-refractivity contribution in [1.29, 1.82) is 0 Å². The van der Waals surface area contributed by atoms with E-state index in [0.29, 0.717) is 6.61 Å². The van der Waals surface area contributed by atoms with Gasteiger partial charge in [0.2, 0.25) is 5.91 Å². The predicted molar refractivity (Wildman–Crippen MR) is 82.5 cm³/mol. The van der Waals surface area contributed by atoms with Gasteiger partial charge in [-0.1, -0.05) is 50.6 Å². The van der Waals surface area contributed by atoms with Gasteiger partial charge in [0, 0.05) is 12.6 Å². The molecule has 0 saturated heterocycles. The molecule has 1 unspecified atom stereocenters. The fourth-order valence-electron chi connectivity index (χ4n) is 2.05. The van der Waals surface area contributed by atoms with E-state index >= 15 is 0 Å². The summed E-state index contributed by atoms with van der Waals surface area (Å²) in [5.41, 5.74) is 1.10. The van der Waals surface area contributed by atoms with Crippen molar-refractivity contribution >= 4 is 5.91 Å². The van der Waals surface area contributed by atoms with Gasteiger partial charge in [-0.05, 0) is 25.3 Å². The van der Waals surface area contributed by atoms with Crippen LogP contribution in [0.5, 0.6) is 0 Å². The van der Waals surface area contributed by atoms with E-state index in [9.17, 15) is 4.79 Å². The molecule has 0 heterocycles. The van der Waals surface area contributed by atoms with Crippen LogP contribution in [0.4, 0.5) is 0 Å². The van der Waals surface area contributed by atoms with Gasteiger partial charge in [0.1, 0.15) is 6.61 Å². The van der Waals surface area contributed by atoms with Gasteiger partial charge in [0.05, 0.1) is 6.61 Å². The highest BCUT2D eigenvalue weighted by molar-refractivity contribution is 5.77. The SMILES string of the molecule is CCCCN(C(=O)COCc1ccccc1)C(C)CC. The van der Waals surface area contributed by atoms with Gasteiger partial charge < -0.3 is 9.64 Å². The lowest BCUT2D eigenvalue weighted by molar-refractivity contribution is -0.138. The molecule has 0 radical (unpaired) electrons. The summed E-state index contributed by atoms with van der Waals surface area (Å²) in [7, 11) is 0. The second kappa shape index (κ2) is 9.54. The molecule has 0 fully saturated rings. The molecule has 0 bridgehead atoms. The molecular weight excluding hydrogens is 250 g/mol. The van der Waals surface area contributed by atoms with E-state index in [1.165, 1.54) is 0 Å². The first-order valence-electron chi connectivity index (χ1n) is 7.60. The predicted octanol–water partition coefficient (Wildman–Crippen LogP) is 3.63. The van der Waals surface area contributed by atoms with Crippen molar-refractivity contribution < 1.29 is 9.53 Å². The Morgan fingerprint density at radius 3 is 2.55 bits per heavy atom. The zero-order chi connectivity index (χ0) is 14.8. The first-order valence-corrected chi connectivity index (χ1v) is 7.60. The van der Waals surface area contributed by atoms with Crippen molar-refractivity contribution in [3.8, 4) is 0 Å². The van der Waals surface area contributed by atoms with E-state index in [-0.39, 0.29) is 18.6 Å². The summed E-state index contributed by atoms with van der Waals surface area (Å²) < 4.78 is 5.55. The molecular formula is C17H27NO2. The molecule has 0 aliphatic carbocycles.